The molecule has 2 saturated heterocycles. The number of pyridine rings is 2. The Hall–Kier alpha value is -9.53. The number of thiazole rings is 2. The molecule has 484 valence electrons. The SMILES string of the molecule is Nc1nc2cc(CN(C(=O)c3cnc(C4CC4)nc3)c3ccc4sc(C5CCN(C(=O)CCC(=O)O)CC5)nc4c3)ccc2c2c1COC2.Nc1nc2cc(CN(C(=O)c3cnc(C4CC4)nc3)c3ccc4sc(C5CCN(C(=O)CO)CC5)nc4c3)ccc2c2c1COC2. The number of rotatable bonds is 16. The second-order valence-corrected chi connectivity index (χ2v) is 27.5. The number of aliphatic hydroxyl groups excluding tert-OH is 1. The Balaban J connectivity index is 0.000000157. The number of carbonyl (C=O) groups excluding carboxylic acids is 4. The van der Waals surface area contributed by atoms with Gasteiger partial charge in [0.2, 0.25) is 11.8 Å². The number of aliphatic carboxylic acids is 1. The number of piperidine rings is 2. The third kappa shape index (κ3) is 12.8. The molecule has 0 atom stereocenters. The van der Waals surface area contributed by atoms with Gasteiger partial charge in [0.15, 0.2) is 0 Å². The molecule has 25 heteroatoms. The van der Waals surface area contributed by atoms with Crippen LogP contribution in [0, 0.1) is 0 Å². The largest absolute Gasteiger partial charge is 0.481 e. The average Bonchev–Trinajstić information content (AvgIpc) is 1.76. The number of nitrogen functional groups attached to an aromatic ring is 2. The number of hydrogen-bond donors (Lipinski definition) is 4. The molecule has 4 amide bonds. The first-order chi connectivity index (χ1) is 46.2. The Morgan fingerprint density at radius 1 is 0.495 bits per heavy atom. The molecule has 23 nitrogen and oxygen atoms in total. The zero-order chi connectivity index (χ0) is 65.0. The molecule has 4 aromatic carbocycles. The predicted octanol–water partition coefficient (Wildman–Crippen LogP) is 10.2. The van der Waals surface area contributed by atoms with Crippen LogP contribution in [0.4, 0.5) is 23.0 Å². The monoisotopic (exact) mass is 1310 g/mol. The highest BCUT2D eigenvalue weighted by Crippen LogP contribution is 2.42. The molecule has 0 radical (unpaired) electrons. The molecular formula is C70H68N14O9S2. The number of carboxylic acid groups (broad SMARTS) is 1. The molecule has 0 spiro atoms. The lowest BCUT2D eigenvalue weighted by Gasteiger charge is -2.31. The minimum Gasteiger partial charge on any atom is -0.481 e. The highest BCUT2D eigenvalue weighted by atomic mass is 32.1. The molecular weight excluding hydrogens is 1240 g/mol. The van der Waals surface area contributed by atoms with E-state index in [2.05, 4.69) is 29.9 Å². The second kappa shape index (κ2) is 26.0. The molecule has 0 bridgehead atoms. The molecule has 6 aromatic heterocycles. The summed E-state index contributed by atoms with van der Waals surface area (Å²) < 4.78 is 13.3. The van der Waals surface area contributed by atoms with Gasteiger partial charge in [0, 0.05) is 114 Å². The van der Waals surface area contributed by atoms with Crippen LogP contribution in [0.15, 0.2) is 97.6 Å². The van der Waals surface area contributed by atoms with Crippen molar-refractivity contribution in [1.29, 1.82) is 0 Å². The first-order valence-corrected chi connectivity index (χ1v) is 33.9. The van der Waals surface area contributed by atoms with Crippen LogP contribution in [0.2, 0.25) is 0 Å². The number of aliphatic hydroxyl groups is 1. The maximum atomic E-state index is 14.2. The first kappa shape index (κ1) is 61.6. The van der Waals surface area contributed by atoms with Gasteiger partial charge in [-0.25, -0.2) is 39.9 Å². The first-order valence-electron chi connectivity index (χ1n) is 32.3. The minimum atomic E-state index is -0.963. The van der Waals surface area contributed by atoms with Crippen molar-refractivity contribution in [2.24, 2.45) is 0 Å². The number of anilines is 4. The number of carbonyl (C=O) groups is 5. The van der Waals surface area contributed by atoms with E-state index in [-0.39, 0.29) is 54.9 Å². The summed E-state index contributed by atoms with van der Waals surface area (Å²) in [6.07, 6.45) is 13.9. The van der Waals surface area contributed by atoms with Crippen molar-refractivity contribution in [2.75, 3.05) is 54.1 Å². The molecule has 6 aliphatic rings. The van der Waals surface area contributed by atoms with E-state index in [1.807, 2.05) is 72.8 Å². The summed E-state index contributed by atoms with van der Waals surface area (Å²) in [6.45, 7) is 4.44. The third-order valence-electron chi connectivity index (χ3n) is 19.0. The van der Waals surface area contributed by atoms with Gasteiger partial charge >= 0.3 is 5.97 Å². The quantitative estimate of drug-likeness (QED) is 0.0699. The van der Waals surface area contributed by atoms with Gasteiger partial charge in [-0.05, 0) is 122 Å². The molecule has 2 aliphatic carbocycles. The van der Waals surface area contributed by atoms with Gasteiger partial charge in [-0.1, -0.05) is 24.3 Å². The van der Waals surface area contributed by atoms with E-state index in [0.29, 0.717) is 99.4 Å². The summed E-state index contributed by atoms with van der Waals surface area (Å²) in [5, 5.41) is 22.2. The van der Waals surface area contributed by atoms with Gasteiger partial charge in [0.1, 0.15) is 29.9 Å². The zero-order valence-corrected chi connectivity index (χ0v) is 53.6. The van der Waals surface area contributed by atoms with Crippen LogP contribution >= 0.6 is 22.7 Å². The highest BCUT2D eigenvalue weighted by Gasteiger charge is 2.32. The lowest BCUT2D eigenvalue weighted by atomic mass is 9.97. The van der Waals surface area contributed by atoms with Crippen LogP contribution in [-0.2, 0) is 63.4 Å². The average molecular weight is 1310 g/mol. The van der Waals surface area contributed by atoms with Crippen LogP contribution in [0.25, 0.3) is 42.2 Å². The summed E-state index contributed by atoms with van der Waals surface area (Å²) in [5.41, 5.74) is 23.8. The smallest absolute Gasteiger partial charge is 0.303 e. The number of fused-ring (bicyclic) bond motifs is 8. The Morgan fingerprint density at radius 2 is 0.916 bits per heavy atom. The summed E-state index contributed by atoms with van der Waals surface area (Å²) in [4.78, 5) is 108. The number of aromatic nitrogens is 8. The molecule has 4 aliphatic heterocycles. The number of hydrogen-bond acceptors (Lipinski definition) is 20. The normalized spacial score (nSPS) is 16.5. The van der Waals surface area contributed by atoms with E-state index in [0.717, 1.165) is 154 Å². The van der Waals surface area contributed by atoms with E-state index in [1.54, 1.807) is 67.1 Å². The van der Waals surface area contributed by atoms with Crippen LogP contribution in [-0.4, -0.2) is 122 Å². The van der Waals surface area contributed by atoms with E-state index < -0.39 is 12.6 Å². The molecule has 10 heterocycles. The number of nitrogens with zero attached hydrogens (tertiary/aromatic N) is 12. The zero-order valence-electron chi connectivity index (χ0n) is 52.0. The lowest BCUT2D eigenvalue weighted by molar-refractivity contribution is -0.141. The molecule has 10 aromatic rings. The Labute approximate surface area is 553 Å². The van der Waals surface area contributed by atoms with Gasteiger partial charge in [0.25, 0.3) is 11.8 Å². The minimum absolute atomic E-state index is 0.0244. The topological polar surface area (TPSA) is 312 Å². The van der Waals surface area contributed by atoms with E-state index in [4.69, 9.17) is 36.0 Å². The van der Waals surface area contributed by atoms with Crippen LogP contribution in [0.1, 0.15) is 164 Å². The Morgan fingerprint density at radius 3 is 1.33 bits per heavy atom. The number of ether oxygens (including phenoxy) is 2. The summed E-state index contributed by atoms with van der Waals surface area (Å²) in [5.74, 6) is 2.03. The molecule has 2 saturated carbocycles. The highest BCUT2D eigenvalue weighted by molar-refractivity contribution is 7.19. The standard InChI is InChI=1S/C36H35N7O5S.C34H33N7O4S/c37-33-27-19-48-18-26(27)25-5-1-20(13-28(25)40-33)17-43(36(47)23-15-38-34(39-16-23)21-2-3-21)24-4-6-30-29(14-24)41-35(49-30)22-9-11-42(12-10-22)31(44)7-8-32(45)46;35-31-26-18-45-17-25(26)24-5-1-19(11-27(24)38-31)15-41(34(44)22-13-36-32(37-14-22)20-2-3-20)23-4-6-29-28(12-23)39-33(46-29)21-7-9-40(10-8-21)30(43)16-42/h1,4-6,13-16,21-22H,2-3,7-12,17-19H2,(H2,37,40)(H,45,46);1,4-6,11-14,20-21,42H,2-3,7-10,15-18H2,(H2,35,38). The van der Waals surface area contributed by atoms with Crippen molar-refractivity contribution in [1.82, 2.24) is 49.7 Å². The number of carboxylic acids is 1. The van der Waals surface area contributed by atoms with Crippen LogP contribution in [0.5, 0.6) is 0 Å². The van der Waals surface area contributed by atoms with Gasteiger partial charge in [0.05, 0.1) is 98.5 Å². The fourth-order valence-electron chi connectivity index (χ4n) is 13.3. The molecule has 16 rings (SSSR count). The van der Waals surface area contributed by atoms with E-state index in [9.17, 15) is 29.1 Å². The Kier molecular flexibility index (Phi) is 16.9. The number of likely N-dealkylation sites (tertiary alicyclic amines) is 2. The van der Waals surface area contributed by atoms with E-state index in [1.165, 1.54) is 0 Å². The van der Waals surface area contributed by atoms with Crippen molar-refractivity contribution in [3.8, 4) is 0 Å². The van der Waals surface area contributed by atoms with Crippen LogP contribution < -0.4 is 21.3 Å². The summed E-state index contributed by atoms with van der Waals surface area (Å²) in [6, 6.07) is 24.0. The Bertz CT molecular complexity index is 4680. The van der Waals surface area contributed by atoms with Gasteiger partial charge < -0.3 is 50.8 Å². The van der Waals surface area contributed by atoms with Gasteiger partial charge in [-0.3, -0.25) is 24.0 Å². The number of benzene rings is 4. The maximum Gasteiger partial charge on any atom is 0.303 e. The van der Waals surface area contributed by atoms with E-state index >= 15 is 0 Å². The van der Waals surface area contributed by atoms with Crippen molar-refractivity contribution in [3.05, 3.63) is 164 Å². The molecule has 0 unspecified atom stereocenters. The van der Waals surface area contributed by atoms with Crippen LogP contribution in [0.3, 0.4) is 0 Å². The summed E-state index contributed by atoms with van der Waals surface area (Å²) >= 11 is 3.29. The fourth-order valence-corrected chi connectivity index (χ4v) is 15.5. The second-order valence-electron chi connectivity index (χ2n) is 25.4. The van der Waals surface area contributed by atoms with Gasteiger partial charge in [-0.2, -0.15) is 0 Å². The van der Waals surface area contributed by atoms with Gasteiger partial charge in [-0.15, -0.1) is 22.7 Å². The van der Waals surface area contributed by atoms with Crippen molar-refractivity contribution in [2.45, 2.75) is 127 Å². The van der Waals surface area contributed by atoms with Crippen molar-refractivity contribution in [3.63, 3.8) is 0 Å². The fraction of sp³-hybridized carbons (Fsp3) is 0.357. The van der Waals surface area contributed by atoms with Crippen molar-refractivity contribution < 1.29 is 43.7 Å². The lowest BCUT2D eigenvalue weighted by Crippen LogP contribution is -2.39. The third-order valence-corrected chi connectivity index (χ3v) is 21.4. The molecule has 4 fully saturated rings. The number of amides is 4. The summed E-state index contributed by atoms with van der Waals surface area (Å²) in [7, 11) is 0. The van der Waals surface area contributed by atoms with Crippen molar-refractivity contribution >= 4 is 118 Å². The molecule has 6 N–H and O–H groups in total. The maximum absolute atomic E-state index is 14.2. The molecule has 95 heavy (non-hydrogen) atoms. The predicted molar refractivity (Wildman–Crippen MR) is 359 cm³/mol. The number of nitrogens with two attached hydrogens (primary N) is 2.